The van der Waals surface area contributed by atoms with Gasteiger partial charge >= 0.3 is 0 Å². The Morgan fingerprint density at radius 1 is 1.75 bits per heavy atom. The Bertz CT molecular complexity index is 237. The highest BCUT2D eigenvalue weighted by Crippen LogP contribution is 2.14. The molecule has 0 saturated carbocycles. The lowest BCUT2D eigenvalue weighted by Gasteiger charge is -2.05. The van der Waals surface area contributed by atoms with Gasteiger partial charge in [0, 0.05) is 31.1 Å². The van der Waals surface area contributed by atoms with E-state index in [0.29, 0.717) is 6.54 Å². The van der Waals surface area contributed by atoms with Crippen LogP contribution in [0.4, 0.5) is 0 Å². The Labute approximate surface area is 76.6 Å². The molecule has 1 heterocycles. The number of nitrogens with two attached hydrogens (primary N) is 1. The molecule has 0 amide bonds. The zero-order valence-electron chi connectivity index (χ0n) is 7.41. The van der Waals surface area contributed by atoms with Crippen LogP contribution in [0.2, 0.25) is 0 Å². The maximum atomic E-state index is 5.47. The molecular formula is C8H14N2OS. The molecule has 0 fully saturated rings. The van der Waals surface area contributed by atoms with Crippen molar-refractivity contribution in [1.82, 2.24) is 4.98 Å². The maximum absolute atomic E-state index is 5.47. The zero-order chi connectivity index (χ0) is 8.97. The molecule has 3 nitrogen and oxygen atoms in total. The molecule has 0 aliphatic carbocycles. The van der Waals surface area contributed by atoms with Crippen LogP contribution in [0, 0.1) is 0 Å². The monoisotopic (exact) mass is 186 g/mol. The van der Waals surface area contributed by atoms with Gasteiger partial charge in [0.05, 0.1) is 11.1 Å². The number of ether oxygens (including phenoxy) is 1. The third-order valence-electron chi connectivity index (χ3n) is 1.67. The second-order valence-electron chi connectivity index (χ2n) is 2.67. The van der Waals surface area contributed by atoms with Crippen molar-refractivity contribution in [2.45, 2.75) is 26.0 Å². The van der Waals surface area contributed by atoms with Gasteiger partial charge in [0.25, 0.3) is 0 Å². The molecule has 2 N–H and O–H groups in total. The number of hydrogen-bond donors (Lipinski definition) is 1. The molecule has 1 unspecified atom stereocenters. The van der Waals surface area contributed by atoms with E-state index in [0.717, 1.165) is 16.3 Å². The SMILES string of the molecule is COC(C)Cc1ncc(CN)s1. The molecule has 1 aromatic heterocycles. The van der Waals surface area contributed by atoms with Crippen molar-refractivity contribution in [2.24, 2.45) is 5.73 Å². The fourth-order valence-corrected chi connectivity index (χ4v) is 1.78. The van der Waals surface area contributed by atoms with Gasteiger partial charge in [0.1, 0.15) is 0 Å². The van der Waals surface area contributed by atoms with Crippen molar-refractivity contribution in [2.75, 3.05) is 7.11 Å². The van der Waals surface area contributed by atoms with Gasteiger partial charge in [-0.15, -0.1) is 11.3 Å². The second-order valence-corrected chi connectivity index (χ2v) is 3.87. The Morgan fingerprint density at radius 3 is 3.00 bits per heavy atom. The molecule has 68 valence electrons. The summed E-state index contributed by atoms with van der Waals surface area (Å²) in [7, 11) is 1.71. The molecule has 0 aliphatic heterocycles. The Balaban J connectivity index is 2.52. The van der Waals surface area contributed by atoms with E-state index in [1.807, 2.05) is 13.1 Å². The van der Waals surface area contributed by atoms with Crippen LogP contribution in [0.3, 0.4) is 0 Å². The van der Waals surface area contributed by atoms with Crippen LogP contribution >= 0.6 is 11.3 Å². The molecule has 0 spiro atoms. The Hall–Kier alpha value is -0.450. The lowest BCUT2D eigenvalue weighted by molar-refractivity contribution is 0.119. The van der Waals surface area contributed by atoms with E-state index < -0.39 is 0 Å². The number of aromatic nitrogens is 1. The summed E-state index contributed by atoms with van der Waals surface area (Å²) >= 11 is 1.66. The van der Waals surface area contributed by atoms with E-state index >= 15 is 0 Å². The van der Waals surface area contributed by atoms with Gasteiger partial charge in [-0.05, 0) is 6.92 Å². The van der Waals surface area contributed by atoms with E-state index in [1.165, 1.54) is 0 Å². The van der Waals surface area contributed by atoms with Crippen LogP contribution < -0.4 is 5.73 Å². The minimum absolute atomic E-state index is 0.238. The lowest BCUT2D eigenvalue weighted by atomic mass is 10.3. The van der Waals surface area contributed by atoms with E-state index in [9.17, 15) is 0 Å². The van der Waals surface area contributed by atoms with Gasteiger partial charge in [-0.3, -0.25) is 0 Å². The van der Waals surface area contributed by atoms with Crippen LogP contribution in [-0.4, -0.2) is 18.2 Å². The largest absolute Gasteiger partial charge is 0.381 e. The standard InChI is InChI=1S/C8H14N2OS/c1-6(11-2)3-8-10-5-7(4-9)12-8/h5-6H,3-4,9H2,1-2H3. The summed E-state index contributed by atoms with van der Waals surface area (Å²) in [5, 5.41) is 1.10. The van der Waals surface area contributed by atoms with Crippen molar-refractivity contribution in [3.05, 3.63) is 16.1 Å². The summed E-state index contributed by atoms with van der Waals surface area (Å²) in [4.78, 5) is 5.37. The van der Waals surface area contributed by atoms with Crippen LogP contribution in [0.25, 0.3) is 0 Å². The lowest BCUT2D eigenvalue weighted by Crippen LogP contribution is -2.07. The van der Waals surface area contributed by atoms with Crippen molar-refractivity contribution >= 4 is 11.3 Å². The number of methoxy groups -OCH3 is 1. The third-order valence-corrected chi connectivity index (χ3v) is 2.71. The maximum Gasteiger partial charge on any atom is 0.0953 e. The van der Waals surface area contributed by atoms with Crippen molar-refractivity contribution < 1.29 is 4.74 Å². The van der Waals surface area contributed by atoms with E-state index in [4.69, 9.17) is 10.5 Å². The molecule has 0 aromatic carbocycles. The molecule has 1 atom stereocenters. The molecule has 4 heteroatoms. The third kappa shape index (κ3) is 2.55. The van der Waals surface area contributed by atoms with Gasteiger partial charge in [-0.1, -0.05) is 0 Å². The Morgan fingerprint density at radius 2 is 2.50 bits per heavy atom. The summed E-state index contributed by atoms with van der Waals surface area (Å²) in [6.45, 7) is 2.61. The first-order valence-corrected chi connectivity index (χ1v) is 4.74. The number of nitrogens with zero attached hydrogens (tertiary/aromatic N) is 1. The molecular weight excluding hydrogens is 172 g/mol. The average molecular weight is 186 g/mol. The Kier molecular flexibility index (Phi) is 3.65. The smallest absolute Gasteiger partial charge is 0.0953 e. The molecule has 0 radical (unpaired) electrons. The van der Waals surface area contributed by atoms with Crippen LogP contribution in [-0.2, 0) is 17.7 Å². The molecule has 0 aliphatic rings. The van der Waals surface area contributed by atoms with Crippen LogP contribution in [0.1, 0.15) is 16.8 Å². The predicted molar refractivity (Wildman–Crippen MR) is 50.2 cm³/mol. The minimum atomic E-state index is 0.238. The van der Waals surface area contributed by atoms with Gasteiger partial charge in [-0.25, -0.2) is 4.98 Å². The predicted octanol–water partition coefficient (Wildman–Crippen LogP) is 1.18. The molecule has 1 aromatic rings. The van der Waals surface area contributed by atoms with Gasteiger partial charge in [0.2, 0.25) is 0 Å². The van der Waals surface area contributed by atoms with Crippen LogP contribution in [0.5, 0.6) is 0 Å². The summed E-state index contributed by atoms with van der Waals surface area (Å²) in [6.07, 6.45) is 2.95. The van der Waals surface area contributed by atoms with Crippen molar-refractivity contribution in [3.63, 3.8) is 0 Å². The topological polar surface area (TPSA) is 48.1 Å². The number of rotatable bonds is 4. The molecule has 0 saturated heterocycles. The van der Waals surface area contributed by atoms with Crippen LogP contribution in [0.15, 0.2) is 6.20 Å². The number of hydrogen-bond acceptors (Lipinski definition) is 4. The first-order valence-electron chi connectivity index (χ1n) is 3.92. The van der Waals surface area contributed by atoms with E-state index in [2.05, 4.69) is 4.98 Å². The fraction of sp³-hybridized carbons (Fsp3) is 0.625. The normalized spacial score (nSPS) is 13.2. The second kappa shape index (κ2) is 4.54. The zero-order valence-corrected chi connectivity index (χ0v) is 8.23. The highest BCUT2D eigenvalue weighted by atomic mass is 32.1. The van der Waals surface area contributed by atoms with E-state index in [1.54, 1.807) is 18.4 Å². The summed E-state index contributed by atoms with van der Waals surface area (Å²) < 4.78 is 5.13. The van der Waals surface area contributed by atoms with Gasteiger partial charge < -0.3 is 10.5 Å². The highest BCUT2D eigenvalue weighted by Gasteiger charge is 2.05. The molecule has 1 rings (SSSR count). The summed E-state index contributed by atoms with van der Waals surface area (Å²) in [5.74, 6) is 0. The first-order chi connectivity index (χ1) is 5.76. The van der Waals surface area contributed by atoms with Gasteiger partial charge in [-0.2, -0.15) is 0 Å². The minimum Gasteiger partial charge on any atom is -0.381 e. The molecule has 0 bridgehead atoms. The molecule has 12 heavy (non-hydrogen) atoms. The first kappa shape index (κ1) is 9.64. The van der Waals surface area contributed by atoms with E-state index in [-0.39, 0.29) is 6.10 Å². The quantitative estimate of drug-likeness (QED) is 0.768. The summed E-state index contributed by atoms with van der Waals surface area (Å²) in [6, 6.07) is 0. The number of thiazole rings is 1. The average Bonchev–Trinajstić information content (AvgIpc) is 2.52. The fourth-order valence-electron chi connectivity index (χ4n) is 0.866. The summed E-state index contributed by atoms with van der Waals surface area (Å²) in [5.41, 5.74) is 5.47. The van der Waals surface area contributed by atoms with Crippen molar-refractivity contribution in [1.29, 1.82) is 0 Å². The van der Waals surface area contributed by atoms with Crippen molar-refractivity contribution in [3.8, 4) is 0 Å². The van der Waals surface area contributed by atoms with Gasteiger partial charge in [0.15, 0.2) is 0 Å². The highest BCUT2D eigenvalue weighted by molar-refractivity contribution is 7.11.